The maximum Gasteiger partial charge on any atom is 0.407 e. The van der Waals surface area contributed by atoms with Gasteiger partial charge in [-0.1, -0.05) is 30.3 Å². The molecule has 0 fully saturated rings. The van der Waals surface area contributed by atoms with Crippen LogP contribution in [0.3, 0.4) is 0 Å². The number of amides is 2. The van der Waals surface area contributed by atoms with Gasteiger partial charge in [-0.25, -0.2) is 4.79 Å². The molecule has 0 aromatic heterocycles. The van der Waals surface area contributed by atoms with Gasteiger partial charge in [-0.3, -0.25) is 10.1 Å². The lowest BCUT2D eigenvalue weighted by Crippen LogP contribution is -2.42. The van der Waals surface area contributed by atoms with E-state index in [4.69, 9.17) is 10.00 Å². The van der Waals surface area contributed by atoms with Crippen LogP contribution in [0.1, 0.15) is 32.8 Å². The molecule has 0 aliphatic carbocycles. The predicted molar refractivity (Wildman–Crippen MR) is 81.7 cm³/mol. The highest BCUT2D eigenvalue weighted by Crippen LogP contribution is 2.10. The smallest absolute Gasteiger partial charge is 0.407 e. The predicted octanol–water partition coefficient (Wildman–Crippen LogP) is 2.11. The van der Waals surface area contributed by atoms with Crippen LogP contribution in [0.15, 0.2) is 30.3 Å². The lowest BCUT2D eigenvalue weighted by Gasteiger charge is -2.23. The van der Waals surface area contributed by atoms with Crippen molar-refractivity contribution in [3.63, 3.8) is 0 Å². The van der Waals surface area contributed by atoms with E-state index in [1.54, 1.807) is 27.0 Å². The number of benzene rings is 1. The van der Waals surface area contributed by atoms with Crippen molar-refractivity contribution in [2.75, 3.05) is 0 Å². The number of carbonyl (C=O) groups excluding carboxylic acids is 2. The van der Waals surface area contributed by atoms with E-state index in [9.17, 15) is 9.59 Å². The Morgan fingerprint density at radius 2 is 1.91 bits per heavy atom. The molecule has 1 atom stereocenters. The van der Waals surface area contributed by atoms with Crippen molar-refractivity contribution in [2.24, 2.45) is 0 Å². The summed E-state index contributed by atoms with van der Waals surface area (Å²) < 4.78 is 5.20. The molecule has 0 radical (unpaired) electrons. The molecule has 0 saturated carbocycles. The number of nitrogens with one attached hydrogen (secondary N) is 2. The van der Waals surface area contributed by atoms with E-state index in [0.717, 1.165) is 5.56 Å². The zero-order valence-electron chi connectivity index (χ0n) is 13.1. The number of nitrogens with zero attached hydrogens (tertiary/aromatic N) is 1. The first-order valence-electron chi connectivity index (χ1n) is 7.01. The topological polar surface area (TPSA) is 91.2 Å². The highest BCUT2D eigenvalue weighted by atomic mass is 16.6. The third-order valence-corrected chi connectivity index (χ3v) is 2.67. The zero-order chi connectivity index (χ0) is 16.6. The standard InChI is InChI=1S/C16H21N3O3/c1-16(2,3)22-15(21)19-13(10-14(20)18-11-17)9-12-7-5-4-6-8-12/h4-8,13H,9-10H2,1-3H3,(H,18,20)(H,19,21)/t13-/m0/s1. The maximum atomic E-state index is 11.9. The van der Waals surface area contributed by atoms with Crippen molar-refractivity contribution < 1.29 is 14.3 Å². The molecule has 0 saturated heterocycles. The number of ether oxygens (including phenoxy) is 1. The fraction of sp³-hybridized carbons (Fsp3) is 0.438. The quantitative estimate of drug-likeness (QED) is 0.644. The summed E-state index contributed by atoms with van der Waals surface area (Å²) in [4.78, 5) is 23.5. The summed E-state index contributed by atoms with van der Waals surface area (Å²) in [5.74, 6) is -0.445. The highest BCUT2D eigenvalue weighted by Gasteiger charge is 2.21. The highest BCUT2D eigenvalue weighted by molar-refractivity contribution is 5.79. The fourth-order valence-corrected chi connectivity index (χ4v) is 1.88. The van der Waals surface area contributed by atoms with Gasteiger partial charge in [-0.05, 0) is 32.8 Å². The van der Waals surface area contributed by atoms with Crippen molar-refractivity contribution in [2.45, 2.75) is 45.3 Å². The molecular weight excluding hydrogens is 282 g/mol. The van der Waals surface area contributed by atoms with E-state index in [1.165, 1.54) is 0 Å². The third kappa shape index (κ3) is 7.29. The van der Waals surface area contributed by atoms with Crippen LogP contribution >= 0.6 is 0 Å². The molecule has 2 N–H and O–H groups in total. The molecule has 2 amide bonds. The molecule has 1 aromatic carbocycles. The van der Waals surface area contributed by atoms with Gasteiger partial charge in [-0.15, -0.1) is 0 Å². The summed E-state index contributed by atoms with van der Waals surface area (Å²) >= 11 is 0. The molecular formula is C16H21N3O3. The maximum absolute atomic E-state index is 11.9. The summed E-state index contributed by atoms with van der Waals surface area (Å²) in [6.45, 7) is 5.30. The lowest BCUT2D eigenvalue weighted by atomic mass is 10.0. The van der Waals surface area contributed by atoms with E-state index in [1.807, 2.05) is 30.3 Å². The van der Waals surface area contributed by atoms with E-state index in [2.05, 4.69) is 10.6 Å². The largest absolute Gasteiger partial charge is 0.444 e. The van der Waals surface area contributed by atoms with Crippen LogP contribution in [0.4, 0.5) is 4.79 Å². The molecule has 22 heavy (non-hydrogen) atoms. The Morgan fingerprint density at radius 3 is 2.45 bits per heavy atom. The van der Waals surface area contributed by atoms with Gasteiger partial charge in [0.2, 0.25) is 5.91 Å². The minimum Gasteiger partial charge on any atom is -0.444 e. The second-order valence-electron chi connectivity index (χ2n) is 5.90. The van der Waals surface area contributed by atoms with Crippen LogP contribution in [0.5, 0.6) is 0 Å². The second-order valence-corrected chi connectivity index (χ2v) is 5.90. The van der Waals surface area contributed by atoms with Gasteiger partial charge in [-0.2, -0.15) is 5.26 Å². The number of nitriles is 1. The van der Waals surface area contributed by atoms with Gasteiger partial charge in [0.05, 0.1) is 0 Å². The summed E-state index contributed by atoms with van der Waals surface area (Å²) in [5, 5.41) is 13.2. The number of hydrogen-bond acceptors (Lipinski definition) is 4. The SMILES string of the molecule is CC(C)(C)OC(=O)N[C@H](CC(=O)NC#N)Cc1ccccc1. The Morgan fingerprint density at radius 1 is 1.27 bits per heavy atom. The van der Waals surface area contributed by atoms with Crippen LogP contribution in [-0.2, 0) is 16.0 Å². The molecule has 6 heteroatoms. The van der Waals surface area contributed by atoms with E-state index >= 15 is 0 Å². The first-order chi connectivity index (χ1) is 10.3. The Hall–Kier alpha value is -2.55. The number of rotatable bonds is 5. The number of alkyl carbamates (subject to hydrolysis) is 1. The average molecular weight is 303 g/mol. The van der Waals surface area contributed by atoms with E-state index in [-0.39, 0.29) is 6.42 Å². The third-order valence-electron chi connectivity index (χ3n) is 2.67. The first-order valence-corrected chi connectivity index (χ1v) is 7.01. The van der Waals surface area contributed by atoms with Crippen LogP contribution < -0.4 is 10.6 Å². The average Bonchev–Trinajstić information content (AvgIpc) is 2.37. The van der Waals surface area contributed by atoms with Crippen LogP contribution in [0, 0.1) is 11.5 Å². The lowest BCUT2D eigenvalue weighted by molar-refractivity contribution is -0.120. The normalized spacial score (nSPS) is 11.9. The van der Waals surface area contributed by atoms with Crippen LogP contribution in [-0.4, -0.2) is 23.6 Å². The van der Waals surface area contributed by atoms with Crippen molar-refractivity contribution in [3.8, 4) is 6.19 Å². The van der Waals surface area contributed by atoms with Crippen molar-refractivity contribution >= 4 is 12.0 Å². The molecule has 0 aliphatic heterocycles. The minimum atomic E-state index is -0.615. The fourth-order valence-electron chi connectivity index (χ4n) is 1.88. The van der Waals surface area contributed by atoms with Crippen LogP contribution in [0.25, 0.3) is 0 Å². The number of hydrogen-bond donors (Lipinski definition) is 2. The molecule has 1 aromatic rings. The van der Waals surface area contributed by atoms with E-state index in [0.29, 0.717) is 6.42 Å². The van der Waals surface area contributed by atoms with Gasteiger partial charge >= 0.3 is 6.09 Å². The summed E-state index contributed by atoms with van der Waals surface area (Å²) in [5.41, 5.74) is 0.365. The Labute approximate surface area is 130 Å². The Kier molecular flexibility index (Phi) is 6.39. The van der Waals surface area contributed by atoms with E-state index < -0.39 is 23.6 Å². The summed E-state index contributed by atoms with van der Waals surface area (Å²) in [6.07, 6.45) is 1.47. The molecule has 0 aliphatic rings. The minimum absolute atomic E-state index is 0.00168. The zero-order valence-corrected chi connectivity index (χ0v) is 13.1. The molecule has 6 nitrogen and oxygen atoms in total. The van der Waals surface area contributed by atoms with Gasteiger partial charge in [0.1, 0.15) is 5.60 Å². The molecule has 0 heterocycles. The molecule has 118 valence electrons. The Balaban J connectivity index is 2.71. The molecule has 0 spiro atoms. The second kappa shape index (κ2) is 8.03. The van der Waals surface area contributed by atoms with Gasteiger partial charge in [0.25, 0.3) is 0 Å². The molecule has 0 unspecified atom stereocenters. The van der Waals surface area contributed by atoms with Gasteiger partial charge in [0.15, 0.2) is 6.19 Å². The van der Waals surface area contributed by atoms with Crippen LogP contribution in [0.2, 0.25) is 0 Å². The summed E-state index contributed by atoms with van der Waals surface area (Å²) in [7, 11) is 0. The monoisotopic (exact) mass is 303 g/mol. The van der Waals surface area contributed by atoms with Crippen molar-refractivity contribution in [1.29, 1.82) is 5.26 Å². The molecule has 0 bridgehead atoms. The van der Waals surface area contributed by atoms with Gasteiger partial charge < -0.3 is 10.1 Å². The van der Waals surface area contributed by atoms with Gasteiger partial charge in [0, 0.05) is 12.5 Å². The van der Waals surface area contributed by atoms with Crippen molar-refractivity contribution in [3.05, 3.63) is 35.9 Å². The van der Waals surface area contributed by atoms with Crippen molar-refractivity contribution in [1.82, 2.24) is 10.6 Å². The summed E-state index contributed by atoms with van der Waals surface area (Å²) in [6, 6.07) is 9.02. The number of carbonyl (C=O) groups is 2. The Bertz CT molecular complexity index is 544. The first kappa shape index (κ1) is 17.5. The molecule has 1 rings (SSSR count).